The zero-order valence-electron chi connectivity index (χ0n) is 6.66. The lowest BCUT2D eigenvalue weighted by Crippen LogP contribution is -1.97. The average Bonchev–Trinajstić information content (AvgIpc) is 2.06. The van der Waals surface area contributed by atoms with E-state index in [0.717, 1.165) is 5.57 Å². The second-order valence-electron chi connectivity index (χ2n) is 2.27. The average molecular weight is 180 g/mol. The molecule has 12 heavy (non-hydrogen) atoms. The summed E-state index contributed by atoms with van der Waals surface area (Å²) in [5, 5.41) is 0. The molecule has 0 saturated heterocycles. The largest absolute Gasteiger partial charge is 0.217 e. The number of hydrogen-bond donors (Lipinski definition) is 0. The predicted octanol–water partition coefficient (Wildman–Crippen LogP) is 0.948. The third-order valence-electron chi connectivity index (χ3n) is 1.46. The summed E-state index contributed by atoms with van der Waals surface area (Å²) in [6.45, 7) is 1.75. The van der Waals surface area contributed by atoms with Crippen molar-refractivity contribution in [1.29, 1.82) is 0 Å². The molecule has 0 aromatic heterocycles. The standard InChI is InChI=1S/C9H8O2S/c1-2-3-8-4-6-9(7-5-8)12(10)11/h4-6H,7H2,1H3. The van der Waals surface area contributed by atoms with Gasteiger partial charge in [-0.25, -0.2) is 0 Å². The molecule has 62 valence electrons. The molecule has 0 aromatic rings. The smallest absolute Gasteiger partial charge is 0.184 e. The Kier molecular flexibility index (Phi) is 2.89. The highest BCUT2D eigenvalue weighted by Gasteiger charge is 2.00. The second kappa shape index (κ2) is 3.93. The number of hydrogen-bond acceptors (Lipinski definition) is 2. The lowest BCUT2D eigenvalue weighted by atomic mass is 10.1. The highest BCUT2D eigenvalue weighted by Crippen LogP contribution is 2.05. The van der Waals surface area contributed by atoms with Crippen LogP contribution in [0, 0.1) is 11.8 Å². The Morgan fingerprint density at radius 1 is 1.42 bits per heavy atom. The predicted molar refractivity (Wildman–Crippen MR) is 49.2 cm³/mol. The van der Waals surface area contributed by atoms with Gasteiger partial charge in [0.15, 0.2) is 0 Å². The minimum Gasteiger partial charge on any atom is -0.184 e. The molecule has 0 fully saturated rings. The maximum absolute atomic E-state index is 10.5. The van der Waals surface area contributed by atoms with E-state index in [4.69, 9.17) is 0 Å². The Hall–Kier alpha value is -1.27. The Labute approximate surface area is 73.1 Å². The molecule has 0 radical (unpaired) electrons. The first-order valence-electron chi connectivity index (χ1n) is 3.50. The summed E-state index contributed by atoms with van der Waals surface area (Å²) in [5.74, 6) is 5.60. The molecule has 0 aliphatic heterocycles. The SMILES string of the molecule is CC#CC1=CCC(=S(=O)=O)C=C1. The van der Waals surface area contributed by atoms with Crippen molar-refractivity contribution >= 4 is 15.2 Å². The van der Waals surface area contributed by atoms with Crippen LogP contribution in [0.2, 0.25) is 0 Å². The molecule has 0 aromatic carbocycles. The van der Waals surface area contributed by atoms with Crippen molar-refractivity contribution in [1.82, 2.24) is 0 Å². The molecule has 0 heterocycles. The Morgan fingerprint density at radius 3 is 2.58 bits per heavy atom. The van der Waals surface area contributed by atoms with Crippen LogP contribution in [0.5, 0.6) is 0 Å². The van der Waals surface area contributed by atoms with Crippen LogP contribution in [-0.4, -0.2) is 13.3 Å². The minimum absolute atomic E-state index is 0.414. The van der Waals surface area contributed by atoms with Crippen LogP contribution in [0.1, 0.15) is 13.3 Å². The lowest BCUT2D eigenvalue weighted by molar-refractivity contribution is 0.627. The summed E-state index contributed by atoms with van der Waals surface area (Å²) in [5.41, 5.74) is 0.881. The van der Waals surface area contributed by atoms with Crippen molar-refractivity contribution in [2.75, 3.05) is 0 Å². The van der Waals surface area contributed by atoms with Crippen molar-refractivity contribution in [3.8, 4) is 11.8 Å². The monoisotopic (exact) mass is 180 g/mol. The maximum atomic E-state index is 10.5. The first kappa shape index (κ1) is 8.82. The molecule has 2 nitrogen and oxygen atoms in total. The fourth-order valence-electron chi connectivity index (χ4n) is 0.890. The molecule has 0 bridgehead atoms. The normalized spacial score (nSPS) is 14.8. The van der Waals surface area contributed by atoms with Gasteiger partial charge in [-0.15, -0.1) is 5.92 Å². The first-order valence-corrected chi connectivity index (χ1v) is 4.57. The fourth-order valence-corrected chi connectivity index (χ4v) is 1.29. The molecule has 1 aliphatic rings. The van der Waals surface area contributed by atoms with E-state index >= 15 is 0 Å². The maximum Gasteiger partial charge on any atom is 0.217 e. The minimum atomic E-state index is -2.08. The second-order valence-corrected chi connectivity index (χ2v) is 3.27. The van der Waals surface area contributed by atoms with Gasteiger partial charge in [0.25, 0.3) is 0 Å². The number of rotatable bonds is 0. The van der Waals surface area contributed by atoms with E-state index in [1.54, 1.807) is 19.1 Å². The van der Waals surface area contributed by atoms with Gasteiger partial charge in [0.1, 0.15) is 0 Å². The van der Waals surface area contributed by atoms with Crippen LogP contribution >= 0.6 is 0 Å². The molecule has 0 N–H and O–H groups in total. The van der Waals surface area contributed by atoms with Crippen LogP contribution in [0.3, 0.4) is 0 Å². The van der Waals surface area contributed by atoms with Gasteiger partial charge in [-0.2, -0.15) is 8.42 Å². The Bertz CT molecular complexity index is 417. The van der Waals surface area contributed by atoms with Crippen LogP contribution in [-0.2, 0) is 10.3 Å². The van der Waals surface area contributed by atoms with Crippen molar-refractivity contribution in [3.05, 3.63) is 23.8 Å². The summed E-state index contributed by atoms with van der Waals surface area (Å²) in [6.07, 6.45) is 5.56. The van der Waals surface area contributed by atoms with Gasteiger partial charge in [-0.1, -0.05) is 12.0 Å². The summed E-state index contributed by atoms with van der Waals surface area (Å²) < 4.78 is 20.9. The third-order valence-corrected chi connectivity index (χ3v) is 2.19. The third kappa shape index (κ3) is 2.11. The molecular formula is C9H8O2S. The summed E-state index contributed by atoms with van der Waals surface area (Å²) in [4.78, 5) is 0.414. The van der Waals surface area contributed by atoms with E-state index in [-0.39, 0.29) is 0 Å². The van der Waals surface area contributed by atoms with Crippen LogP contribution in [0.25, 0.3) is 0 Å². The van der Waals surface area contributed by atoms with E-state index in [9.17, 15) is 8.42 Å². The van der Waals surface area contributed by atoms with Crippen molar-refractivity contribution < 1.29 is 8.42 Å². The highest BCUT2D eigenvalue weighted by atomic mass is 32.2. The lowest BCUT2D eigenvalue weighted by Gasteiger charge is -1.98. The van der Waals surface area contributed by atoms with E-state index in [0.29, 0.717) is 11.3 Å². The molecule has 3 heteroatoms. The zero-order valence-corrected chi connectivity index (χ0v) is 7.48. The van der Waals surface area contributed by atoms with Gasteiger partial charge in [-0.05, 0) is 19.1 Å². The number of allylic oxidation sites excluding steroid dienone is 4. The molecule has 0 atom stereocenters. The van der Waals surface area contributed by atoms with Crippen molar-refractivity contribution in [2.45, 2.75) is 13.3 Å². The van der Waals surface area contributed by atoms with Crippen molar-refractivity contribution in [3.63, 3.8) is 0 Å². The molecule has 0 unspecified atom stereocenters. The van der Waals surface area contributed by atoms with Gasteiger partial charge < -0.3 is 0 Å². The molecule has 1 aliphatic carbocycles. The molecular weight excluding hydrogens is 172 g/mol. The summed E-state index contributed by atoms with van der Waals surface area (Å²) in [7, 11) is -2.08. The topological polar surface area (TPSA) is 34.1 Å². The van der Waals surface area contributed by atoms with Crippen LogP contribution in [0.4, 0.5) is 0 Å². The molecule has 1 rings (SSSR count). The van der Waals surface area contributed by atoms with E-state index < -0.39 is 10.3 Å². The summed E-state index contributed by atoms with van der Waals surface area (Å²) >= 11 is 0. The molecule has 0 amide bonds. The Balaban J connectivity index is 2.94. The van der Waals surface area contributed by atoms with Gasteiger partial charge in [-0.3, -0.25) is 0 Å². The van der Waals surface area contributed by atoms with E-state index in [1.165, 1.54) is 0 Å². The zero-order chi connectivity index (χ0) is 8.97. The quantitative estimate of drug-likeness (QED) is 0.411. The van der Waals surface area contributed by atoms with Gasteiger partial charge in [0.2, 0.25) is 10.3 Å². The van der Waals surface area contributed by atoms with Crippen LogP contribution < -0.4 is 0 Å². The molecule has 0 spiro atoms. The van der Waals surface area contributed by atoms with Crippen molar-refractivity contribution in [2.24, 2.45) is 0 Å². The van der Waals surface area contributed by atoms with E-state index in [2.05, 4.69) is 11.8 Å². The van der Waals surface area contributed by atoms with Gasteiger partial charge in [0.05, 0.1) is 4.86 Å². The van der Waals surface area contributed by atoms with Gasteiger partial charge >= 0.3 is 0 Å². The highest BCUT2D eigenvalue weighted by molar-refractivity contribution is 7.73. The van der Waals surface area contributed by atoms with Gasteiger partial charge in [0, 0.05) is 12.0 Å². The van der Waals surface area contributed by atoms with Crippen LogP contribution in [0.15, 0.2) is 23.8 Å². The first-order chi connectivity index (χ1) is 5.74. The molecule has 0 saturated carbocycles. The Morgan fingerprint density at radius 2 is 2.17 bits per heavy atom. The van der Waals surface area contributed by atoms with E-state index in [1.807, 2.05) is 6.08 Å². The summed E-state index contributed by atoms with van der Waals surface area (Å²) in [6, 6.07) is 0. The fraction of sp³-hybridized carbons (Fsp3) is 0.222.